The van der Waals surface area contributed by atoms with Gasteiger partial charge < -0.3 is 10.0 Å². The van der Waals surface area contributed by atoms with Crippen LogP contribution < -0.4 is 0 Å². The molecule has 0 spiro atoms. The van der Waals surface area contributed by atoms with Crippen LogP contribution in [0.3, 0.4) is 0 Å². The predicted molar refractivity (Wildman–Crippen MR) is 89.2 cm³/mol. The van der Waals surface area contributed by atoms with Gasteiger partial charge in [-0.05, 0) is 23.6 Å². The van der Waals surface area contributed by atoms with Crippen LogP contribution in [-0.2, 0) is 13.1 Å². The Morgan fingerprint density at radius 3 is 2.96 bits per heavy atom. The van der Waals surface area contributed by atoms with Crippen molar-refractivity contribution in [2.45, 2.75) is 13.1 Å². The van der Waals surface area contributed by atoms with Crippen molar-refractivity contribution >= 4 is 16.7 Å². The van der Waals surface area contributed by atoms with Gasteiger partial charge in [0.05, 0.1) is 17.8 Å². The zero-order valence-corrected chi connectivity index (χ0v) is 12.7. The molecule has 3 aromatic rings. The van der Waals surface area contributed by atoms with Crippen LogP contribution in [0.4, 0.5) is 0 Å². The number of terminal acetylenes is 1. The van der Waals surface area contributed by atoms with Crippen molar-refractivity contribution in [3.63, 3.8) is 0 Å². The van der Waals surface area contributed by atoms with Gasteiger partial charge in [0.1, 0.15) is 12.1 Å². The summed E-state index contributed by atoms with van der Waals surface area (Å²) in [6, 6.07) is 8.51. The third-order valence-corrected chi connectivity index (χ3v) is 4.22. The Balaban J connectivity index is 1.83. The largest absolute Gasteiger partial charge is 0.508 e. The minimum atomic E-state index is -0.184. The van der Waals surface area contributed by atoms with Crippen molar-refractivity contribution in [1.29, 1.82) is 0 Å². The molecular formula is C19H13N3O2. The van der Waals surface area contributed by atoms with Crippen molar-refractivity contribution in [3.05, 3.63) is 65.2 Å². The second-order valence-corrected chi connectivity index (χ2v) is 5.70. The molecule has 0 radical (unpaired) electrons. The normalized spacial score (nSPS) is 12.9. The molecular weight excluding hydrogens is 302 g/mol. The quantitative estimate of drug-likeness (QED) is 0.701. The molecule has 0 bridgehead atoms. The van der Waals surface area contributed by atoms with Gasteiger partial charge in [0.15, 0.2) is 0 Å². The standard InChI is InChI=1S/C19H13N3O2/c1-2-12-4-3-5-13-6-15(23)7-16(18(12)13)19(24)22-9-14-8-20-11-21-17(14)10-22/h1,3-8,11,23H,9-10H2. The number of carbonyl (C=O) groups is 1. The molecule has 1 aromatic heterocycles. The van der Waals surface area contributed by atoms with Crippen molar-refractivity contribution in [2.75, 3.05) is 0 Å². The highest BCUT2D eigenvalue weighted by Crippen LogP contribution is 2.30. The number of aromatic hydroxyl groups is 1. The minimum Gasteiger partial charge on any atom is -0.508 e. The Hall–Kier alpha value is -3.39. The average molecular weight is 315 g/mol. The highest BCUT2D eigenvalue weighted by Gasteiger charge is 2.27. The summed E-state index contributed by atoms with van der Waals surface area (Å²) in [5.41, 5.74) is 2.82. The Morgan fingerprint density at radius 2 is 2.17 bits per heavy atom. The third kappa shape index (κ3) is 2.17. The van der Waals surface area contributed by atoms with E-state index in [1.54, 1.807) is 23.2 Å². The minimum absolute atomic E-state index is 0.0384. The molecule has 0 saturated carbocycles. The zero-order chi connectivity index (χ0) is 16.7. The molecule has 24 heavy (non-hydrogen) atoms. The van der Waals surface area contributed by atoms with E-state index in [0.29, 0.717) is 29.6 Å². The summed E-state index contributed by atoms with van der Waals surface area (Å²) >= 11 is 0. The van der Waals surface area contributed by atoms with E-state index in [4.69, 9.17) is 6.42 Å². The summed E-state index contributed by atoms with van der Waals surface area (Å²) in [4.78, 5) is 22.9. The van der Waals surface area contributed by atoms with Crippen LogP contribution in [0.25, 0.3) is 10.8 Å². The van der Waals surface area contributed by atoms with E-state index in [-0.39, 0.29) is 11.7 Å². The zero-order valence-electron chi connectivity index (χ0n) is 12.7. The van der Waals surface area contributed by atoms with Crippen LogP contribution in [0, 0.1) is 12.3 Å². The van der Waals surface area contributed by atoms with E-state index in [1.807, 2.05) is 12.1 Å². The molecule has 5 nitrogen and oxygen atoms in total. The van der Waals surface area contributed by atoms with Gasteiger partial charge in [-0.15, -0.1) is 6.42 Å². The number of rotatable bonds is 1. The number of aromatic nitrogens is 2. The maximum Gasteiger partial charge on any atom is 0.255 e. The number of nitrogens with zero attached hydrogens (tertiary/aromatic N) is 3. The first kappa shape index (κ1) is 14.2. The number of phenols is 1. The molecule has 2 heterocycles. The lowest BCUT2D eigenvalue weighted by atomic mass is 9.98. The van der Waals surface area contributed by atoms with Crippen molar-refractivity contribution < 1.29 is 9.90 Å². The van der Waals surface area contributed by atoms with E-state index in [1.165, 1.54) is 12.4 Å². The van der Waals surface area contributed by atoms with Gasteiger partial charge in [-0.2, -0.15) is 0 Å². The highest BCUT2D eigenvalue weighted by molar-refractivity contribution is 6.09. The Morgan fingerprint density at radius 1 is 1.29 bits per heavy atom. The van der Waals surface area contributed by atoms with Gasteiger partial charge in [0, 0.05) is 29.3 Å². The van der Waals surface area contributed by atoms with Gasteiger partial charge in [-0.3, -0.25) is 4.79 Å². The molecule has 0 unspecified atom stereocenters. The lowest BCUT2D eigenvalue weighted by molar-refractivity contribution is 0.0752. The molecule has 116 valence electrons. The molecule has 0 saturated heterocycles. The predicted octanol–water partition coefficient (Wildman–Crippen LogP) is 2.47. The summed E-state index contributed by atoms with van der Waals surface area (Å²) < 4.78 is 0. The van der Waals surface area contributed by atoms with Crippen LogP contribution in [0.5, 0.6) is 5.75 Å². The van der Waals surface area contributed by atoms with Gasteiger partial charge in [0.25, 0.3) is 5.91 Å². The second kappa shape index (κ2) is 5.36. The van der Waals surface area contributed by atoms with Crippen LogP contribution in [0.15, 0.2) is 42.9 Å². The highest BCUT2D eigenvalue weighted by atomic mass is 16.3. The number of fused-ring (bicyclic) bond motifs is 2. The number of phenolic OH excluding ortho intramolecular Hbond substituents is 1. The second-order valence-electron chi connectivity index (χ2n) is 5.70. The molecule has 1 amide bonds. The Kier molecular flexibility index (Phi) is 3.17. The molecule has 1 aliphatic heterocycles. The summed E-state index contributed by atoms with van der Waals surface area (Å²) in [5, 5.41) is 11.4. The molecule has 0 aliphatic carbocycles. The molecule has 1 N–H and O–H groups in total. The van der Waals surface area contributed by atoms with Gasteiger partial charge in [-0.25, -0.2) is 9.97 Å². The average Bonchev–Trinajstić information content (AvgIpc) is 3.03. The number of hydrogen-bond acceptors (Lipinski definition) is 4. The smallest absolute Gasteiger partial charge is 0.255 e. The summed E-state index contributed by atoms with van der Waals surface area (Å²) in [6.45, 7) is 0.871. The fraction of sp³-hybridized carbons (Fsp3) is 0.105. The third-order valence-electron chi connectivity index (χ3n) is 4.22. The first-order valence-corrected chi connectivity index (χ1v) is 7.47. The lowest BCUT2D eigenvalue weighted by Gasteiger charge is -2.17. The summed E-state index contributed by atoms with van der Waals surface area (Å²) in [5.74, 6) is 2.47. The van der Waals surface area contributed by atoms with Crippen LogP contribution in [0.2, 0.25) is 0 Å². The number of carbonyl (C=O) groups excluding carboxylic acids is 1. The SMILES string of the molecule is C#Cc1cccc2cc(O)cc(C(=O)N3Cc4cncnc4C3)c12. The topological polar surface area (TPSA) is 66.3 Å². The molecule has 4 rings (SSSR count). The monoisotopic (exact) mass is 315 g/mol. The van der Waals surface area contributed by atoms with E-state index in [0.717, 1.165) is 16.6 Å². The first-order valence-electron chi connectivity index (χ1n) is 7.47. The summed E-state index contributed by atoms with van der Waals surface area (Å²) in [6.07, 6.45) is 8.79. The van der Waals surface area contributed by atoms with E-state index in [9.17, 15) is 9.90 Å². The van der Waals surface area contributed by atoms with E-state index < -0.39 is 0 Å². The van der Waals surface area contributed by atoms with Crippen molar-refractivity contribution in [1.82, 2.24) is 14.9 Å². The van der Waals surface area contributed by atoms with Crippen LogP contribution >= 0.6 is 0 Å². The van der Waals surface area contributed by atoms with Crippen LogP contribution in [-0.4, -0.2) is 25.9 Å². The molecule has 5 heteroatoms. The molecule has 0 atom stereocenters. The van der Waals surface area contributed by atoms with Crippen molar-refractivity contribution in [2.24, 2.45) is 0 Å². The maximum atomic E-state index is 13.0. The number of benzene rings is 2. The first-order chi connectivity index (χ1) is 11.7. The molecule has 2 aromatic carbocycles. The Labute approximate surface area is 138 Å². The maximum absolute atomic E-state index is 13.0. The van der Waals surface area contributed by atoms with Gasteiger partial charge >= 0.3 is 0 Å². The van der Waals surface area contributed by atoms with Crippen LogP contribution in [0.1, 0.15) is 27.2 Å². The fourth-order valence-corrected chi connectivity index (χ4v) is 3.12. The van der Waals surface area contributed by atoms with E-state index >= 15 is 0 Å². The Bertz CT molecular complexity index is 996. The molecule has 0 fully saturated rings. The fourth-order valence-electron chi connectivity index (χ4n) is 3.12. The number of amides is 1. The number of hydrogen-bond donors (Lipinski definition) is 1. The van der Waals surface area contributed by atoms with Gasteiger partial charge in [-0.1, -0.05) is 18.1 Å². The summed E-state index contributed by atoms with van der Waals surface area (Å²) in [7, 11) is 0. The van der Waals surface area contributed by atoms with E-state index in [2.05, 4.69) is 15.9 Å². The lowest BCUT2D eigenvalue weighted by Crippen LogP contribution is -2.25. The molecule has 1 aliphatic rings. The van der Waals surface area contributed by atoms with Gasteiger partial charge in [0.2, 0.25) is 0 Å². The van der Waals surface area contributed by atoms with Crippen molar-refractivity contribution in [3.8, 4) is 18.1 Å².